The second kappa shape index (κ2) is 6.75. The minimum atomic E-state index is -0.769. The zero-order valence-electron chi connectivity index (χ0n) is 16.0. The van der Waals surface area contributed by atoms with Crippen LogP contribution in [0.2, 0.25) is 0 Å². The van der Waals surface area contributed by atoms with E-state index < -0.39 is 11.8 Å². The summed E-state index contributed by atoms with van der Waals surface area (Å²) >= 11 is 0. The number of aromatic nitrogens is 4. The van der Waals surface area contributed by atoms with Crippen molar-refractivity contribution < 1.29 is 9.59 Å². The molecule has 0 radical (unpaired) electrons. The molecule has 2 N–H and O–H groups in total. The lowest BCUT2D eigenvalue weighted by Crippen LogP contribution is -2.35. The SMILES string of the molecule is Cc1nn(C)c(C)c1CNC(=O)C(=O)Nc1ccc2c(c1)n(C)c(=O)n2C. The van der Waals surface area contributed by atoms with Crippen molar-refractivity contribution in [2.45, 2.75) is 20.4 Å². The minimum Gasteiger partial charge on any atom is -0.344 e. The van der Waals surface area contributed by atoms with Gasteiger partial charge in [0, 0.05) is 44.6 Å². The number of anilines is 1. The van der Waals surface area contributed by atoms with E-state index in [-0.39, 0.29) is 12.2 Å². The first-order valence-corrected chi connectivity index (χ1v) is 8.44. The molecule has 2 amide bonds. The Bertz CT molecular complexity index is 1120. The van der Waals surface area contributed by atoms with Gasteiger partial charge in [-0.15, -0.1) is 0 Å². The van der Waals surface area contributed by atoms with Crippen molar-refractivity contribution in [2.24, 2.45) is 21.1 Å². The second-order valence-corrected chi connectivity index (χ2v) is 6.51. The highest BCUT2D eigenvalue weighted by atomic mass is 16.2. The number of carbonyl (C=O) groups excluding carboxylic acids is 2. The van der Waals surface area contributed by atoms with Gasteiger partial charge in [-0.25, -0.2) is 4.79 Å². The van der Waals surface area contributed by atoms with Gasteiger partial charge in [0.05, 0.1) is 16.7 Å². The molecule has 3 aromatic rings. The molecule has 0 fully saturated rings. The van der Waals surface area contributed by atoms with Gasteiger partial charge in [-0.2, -0.15) is 5.10 Å². The first kappa shape index (κ1) is 18.4. The van der Waals surface area contributed by atoms with Crippen molar-refractivity contribution >= 4 is 28.5 Å². The Hall–Kier alpha value is -3.36. The van der Waals surface area contributed by atoms with Gasteiger partial charge in [-0.05, 0) is 32.0 Å². The van der Waals surface area contributed by atoms with Crippen molar-refractivity contribution in [2.75, 3.05) is 5.32 Å². The molecule has 0 aliphatic heterocycles. The fraction of sp³-hybridized carbons (Fsp3) is 0.333. The Kier molecular flexibility index (Phi) is 4.61. The Balaban J connectivity index is 1.71. The van der Waals surface area contributed by atoms with Crippen LogP contribution in [0, 0.1) is 13.8 Å². The molecule has 1 aromatic carbocycles. The number of hydrogen-bond acceptors (Lipinski definition) is 4. The lowest BCUT2D eigenvalue weighted by atomic mass is 10.2. The molecule has 2 aromatic heterocycles. The summed E-state index contributed by atoms with van der Waals surface area (Å²) in [5.41, 5.74) is 4.33. The predicted molar refractivity (Wildman–Crippen MR) is 101 cm³/mol. The van der Waals surface area contributed by atoms with E-state index in [1.807, 2.05) is 20.9 Å². The molecule has 0 saturated carbocycles. The summed E-state index contributed by atoms with van der Waals surface area (Å²) in [6.45, 7) is 3.98. The van der Waals surface area contributed by atoms with Crippen LogP contribution in [-0.2, 0) is 37.3 Å². The Morgan fingerprint density at radius 1 is 1.04 bits per heavy atom. The fourth-order valence-electron chi connectivity index (χ4n) is 3.09. The van der Waals surface area contributed by atoms with Crippen LogP contribution < -0.4 is 16.3 Å². The number of rotatable bonds is 3. The normalized spacial score (nSPS) is 11.0. The molecule has 142 valence electrons. The minimum absolute atomic E-state index is 0.159. The third kappa shape index (κ3) is 3.23. The van der Waals surface area contributed by atoms with Gasteiger partial charge in [0.1, 0.15) is 0 Å². The summed E-state index contributed by atoms with van der Waals surface area (Å²) in [6.07, 6.45) is 0. The largest absolute Gasteiger partial charge is 0.344 e. The molecule has 3 rings (SSSR count). The third-order valence-electron chi connectivity index (χ3n) is 4.82. The Labute approximate surface area is 155 Å². The molecule has 0 spiro atoms. The summed E-state index contributed by atoms with van der Waals surface area (Å²) in [5.74, 6) is -1.51. The van der Waals surface area contributed by atoms with Crippen LogP contribution >= 0.6 is 0 Å². The maximum Gasteiger partial charge on any atom is 0.328 e. The molecule has 0 aliphatic rings. The molecule has 27 heavy (non-hydrogen) atoms. The molecule has 0 atom stereocenters. The van der Waals surface area contributed by atoms with Crippen molar-refractivity contribution in [3.05, 3.63) is 45.6 Å². The lowest BCUT2D eigenvalue weighted by Gasteiger charge is -2.08. The average molecular weight is 370 g/mol. The number of hydrogen-bond donors (Lipinski definition) is 2. The average Bonchev–Trinajstić information content (AvgIpc) is 3.00. The highest BCUT2D eigenvalue weighted by Crippen LogP contribution is 2.17. The van der Waals surface area contributed by atoms with Gasteiger partial charge in [-0.1, -0.05) is 0 Å². The Morgan fingerprint density at radius 3 is 2.33 bits per heavy atom. The van der Waals surface area contributed by atoms with Crippen molar-refractivity contribution in [3.8, 4) is 0 Å². The number of aryl methyl sites for hydroxylation is 4. The van der Waals surface area contributed by atoms with Crippen LogP contribution in [0.3, 0.4) is 0 Å². The van der Waals surface area contributed by atoms with E-state index in [0.29, 0.717) is 11.2 Å². The maximum atomic E-state index is 12.2. The number of amides is 2. The van der Waals surface area contributed by atoms with Crippen LogP contribution in [0.25, 0.3) is 11.0 Å². The summed E-state index contributed by atoms with van der Waals surface area (Å²) in [7, 11) is 5.16. The second-order valence-electron chi connectivity index (χ2n) is 6.51. The van der Waals surface area contributed by atoms with Gasteiger partial charge in [0.25, 0.3) is 0 Å². The smallest absolute Gasteiger partial charge is 0.328 e. The summed E-state index contributed by atoms with van der Waals surface area (Å²) < 4.78 is 4.74. The molecule has 0 saturated heterocycles. The molecule has 2 heterocycles. The molecule has 0 bridgehead atoms. The number of benzene rings is 1. The monoisotopic (exact) mass is 370 g/mol. The number of fused-ring (bicyclic) bond motifs is 1. The van der Waals surface area contributed by atoms with E-state index in [9.17, 15) is 14.4 Å². The quantitative estimate of drug-likeness (QED) is 0.655. The first-order valence-electron chi connectivity index (χ1n) is 8.44. The maximum absolute atomic E-state index is 12.2. The predicted octanol–water partition coefficient (Wildman–Crippen LogP) is 0.482. The fourth-order valence-corrected chi connectivity index (χ4v) is 3.09. The van der Waals surface area contributed by atoms with Crippen LogP contribution in [0.5, 0.6) is 0 Å². The van der Waals surface area contributed by atoms with Crippen LogP contribution in [0.1, 0.15) is 17.0 Å². The van der Waals surface area contributed by atoms with Crippen molar-refractivity contribution in [1.82, 2.24) is 24.2 Å². The molecule has 9 nitrogen and oxygen atoms in total. The summed E-state index contributed by atoms with van der Waals surface area (Å²) in [5, 5.41) is 9.46. The zero-order valence-corrected chi connectivity index (χ0v) is 16.0. The number of nitrogens with one attached hydrogen (secondary N) is 2. The van der Waals surface area contributed by atoms with E-state index in [2.05, 4.69) is 15.7 Å². The summed E-state index contributed by atoms with van der Waals surface area (Å²) in [4.78, 5) is 36.3. The van der Waals surface area contributed by atoms with E-state index >= 15 is 0 Å². The number of imidazole rings is 1. The molecule has 0 aliphatic carbocycles. The van der Waals surface area contributed by atoms with Gasteiger partial charge in [0.2, 0.25) is 0 Å². The first-order chi connectivity index (χ1) is 12.7. The topological polar surface area (TPSA) is 103 Å². The highest BCUT2D eigenvalue weighted by Gasteiger charge is 2.17. The van der Waals surface area contributed by atoms with Crippen LogP contribution in [0.15, 0.2) is 23.0 Å². The van der Waals surface area contributed by atoms with E-state index in [1.165, 1.54) is 9.13 Å². The number of nitrogens with zero attached hydrogens (tertiary/aromatic N) is 4. The highest BCUT2D eigenvalue weighted by molar-refractivity contribution is 6.39. The molecule has 0 unspecified atom stereocenters. The molecule has 9 heteroatoms. The van der Waals surface area contributed by atoms with E-state index in [4.69, 9.17) is 0 Å². The zero-order chi connectivity index (χ0) is 19.9. The van der Waals surface area contributed by atoms with Gasteiger partial charge >= 0.3 is 17.5 Å². The third-order valence-corrected chi connectivity index (χ3v) is 4.82. The standard InChI is InChI=1S/C18H22N6O3/c1-10-13(11(2)24(5)21-10)9-19-16(25)17(26)20-12-6-7-14-15(8-12)23(4)18(27)22(14)3/h6-8H,9H2,1-5H3,(H,19,25)(H,20,26). The van der Waals surface area contributed by atoms with Crippen LogP contribution in [-0.4, -0.2) is 30.7 Å². The Morgan fingerprint density at radius 2 is 1.70 bits per heavy atom. The van der Waals surface area contributed by atoms with E-state index in [0.717, 1.165) is 22.5 Å². The number of carbonyl (C=O) groups is 2. The van der Waals surface area contributed by atoms with Gasteiger partial charge in [0.15, 0.2) is 0 Å². The van der Waals surface area contributed by atoms with E-state index in [1.54, 1.807) is 37.0 Å². The van der Waals surface area contributed by atoms with Gasteiger partial charge in [-0.3, -0.25) is 23.4 Å². The van der Waals surface area contributed by atoms with Crippen molar-refractivity contribution in [3.63, 3.8) is 0 Å². The molecular formula is C18H22N6O3. The van der Waals surface area contributed by atoms with Gasteiger partial charge < -0.3 is 10.6 Å². The summed E-state index contributed by atoms with van der Waals surface area (Å²) in [6, 6.07) is 5.05. The van der Waals surface area contributed by atoms with Crippen molar-refractivity contribution in [1.29, 1.82) is 0 Å². The van der Waals surface area contributed by atoms with Crippen LogP contribution in [0.4, 0.5) is 5.69 Å². The lowest BCUT2D eigenvalue weighted by molar-refractivity contribution is -0.136. The molecular weight excluding hydrogens is 348 g/mol.